The van der Waals surface area contributed by atoms with Crippen molar-refractivity contribution in [3.63, 3.8) is 0 Å². The molecule has 20 heavy (non-hydrogen) atoms. The van der Waals surface area contributed by atoms with Gasteiger partial charge in [0.15, 0.2) is 0 Å². The van der Waals surface area contributed by atoms with E-state index >= 15 is 0 Å². The van der Waals surface area contributed by atoms with Crippen LogP contribution in [0.3, 0.4) is 0 Å². The monoisotopic (exact) mass is 376 g/mol. The number of hydrogen-bond donors (Lipinski definition) is 2. The van der Waals surface area contributed by atoms with E-state index in [-0.39, 0.29) is 0 Å². The lowest BCUT2D eigenvalue weighted by Gasteiger charge is -2.09. The molecule has 0 aliphatic rings. The van der Waals surface area contributed by atoms with Crippen molar-refractivity contribution in [1.82, 2.24) is 0 Å². The number of hydrogen-bond acceptors (Lipinski definition) is 1. The number of carbonyl (C=O) groups is 1. The lowest BCUT2D eigenvalue weighted by atomic mass is 10.3. The Labute approximate surface area is 133 Å². The summed E-state index contributed by atoms with van der Waals surface area (Å²) in [6, 6.07) is 8.40. The van der Waals surface area contributed by atoms with Crippen LogP contribution >= 0.6 is 39.1 Å². The molecule has 0 radical (unpaired) electrons. The molecule has 2 amide bonds. The van der Waals surface area contributed by atoms with Crippen molar-refractivity contribution in [3.05, 3.63) is 56.7 Å². The summed E-state index contributed by atoms with van der Waals surface area (Å²) in [5.41, 5.74) is 0.772. The maximum absolute atomic E-state index is 13.3. The van der Waals surface area contributed by atoms with Crippen LogP contribution < -0.4 is 10.6 Å². The zero-order valence-corrected chi connectivity index (χ0v) is 13.0. The molecule has 0 aliphatic carbocycles. The standard InChI is InChI=1S/C13H8BrCl2FN2O/c14-11-2-1-9(6-12(11)17)18-13(20)19-10-4-7(15)3-8(16)5-10/h1-6H,(H2,18,19,20). The van der Waals surface area contributed by atoms with Gasteiger partial charge in [-0.3, -0.25) is 0 Å². The summed E-state index contributed by atoms with van der Waals surface area (Å²) in [7, 11) is 0. The van der Waals surface area contributed by atoms with Crippen molar-refractivity contribution < 1.29 is 9.18 Å². The molecule has 0 heterocycles. The van der Waals surface area contributed by atoms with Gasteiger partial charge < -0.3 is 10.6 Å². The van der Waals surface area contributed by atoms with Gasteiger partial charge in [-0.05, 0) is 52.3 Å². The molecule has 0 aromatic heterocycles. The van der Waals surface area contributed by atoms with Crippen LogP contribution in [0.15, 0.2) is 40.9 Å². The molecule has 0 bridgehead atoms. The van der Waals surface area contributed by atoms with E-state index in [1.807, 2.05) is 0 Å². The molecule has 7 heteroatoms. The molecule has 0 aliphatic heterocycles. The van der Waals surface area contributed by atoms with Crippen LogP contribution in [0.1, 0.15) is 0 Å². The Hall–Kier alpha value is -1.30. The summed E-state index contributed by atoms with van der Waals surface area (Å²) >= 11 is 14.7. The van der Waals surface area contributed by atoms with E-state index in [4.69, 9.17) is 23.2 Å². The molecule has 0 saturated carbocycles. The van der Waals surface area contributed by atoms with Gasteiger partial charge in [-0.2, -0.15) is 0 Å². The van der Waals surface area contributed by atoms with Gasteiger partial charge in [0.1, 0.15) is 5.82 Å². The fourth-order valence-corrected chi connectivity index (χ4v) is 2.27. The fraction of sp³-hybridized carbons (Fsp3) is 0. The van der Waals surface area contributed by atoms with E-state index in [0.29, 0.717) is 25.9 Å². The van der Waals surface area contributed by atoms with E-state index in [1.165, 1.54) is 12.1 Å². The molecule has 0 saturated heterocycles. The zero-order chi connectivity index (χ0) is 14.7. The van der Waals surface area contributed by atoms with Crippen molar-refractivity contribution in [3.8, 4) is 0 Å². The normalized spacial score (nSPS) is 10.2. The number of benzene rings is 2. The van der Waals surface area contributed by atoms with Gasteiger partial charge in [-0.25, -0.2) is 9.18 Å². The van der Waals surface area contributed by atoms with Gasteiger partial charge in [0, 0.05) is 21.4 Å². The van der Waals surface area contributed by atoms with Crippen LogP contribution in [-0.4, -0.2) is 6.03 Å². The molecule has 2 N–H and O–H groups in total. The molecule has 0 atom stereocenters. The highest BCUT2D eigenvalue weighted by Crippen LogP contribution is 2.23. The van der Waals surface area contributed by atoms with Crippen LogP contribution in [0, 0.1) is 5.82 Å². The van der Waals surface area contributed by atoms with Gasteiger partial charge >= 0.3 is 6.03 Å². The molecule has 0 spiro atoms. The molecule has 2 aromatic rings. The largest absolute Gasteiger partial charge is 0.323 e. The third-order valence-corrected chi connectivity index (χ3v) is 3.38. The van der Waals surface area contributed by atoms with Crippen molar-refractivity contribution in [1.29, 1.82) is 0 Å². The van der Waals surface area contributed by atoms with Crippen LogP contribution in [0.5, 0.6) is 0 Å². The van der Waals surface area contributed by atoms with Gasteiger partial charge in [0.05, 0.1) is 4.47 Å². The number of halogens is 4. The van der Waals surface area contributed by atoms with Crippen molar-refractivity contribution in [2.45, 2.75) is 0 Å². The summed E-state index contributed by atoms with van der Waals surface area (Å²) in [5.74, 6) is -0.464. The van der Waals surface area contributed by atoms with Gasteiger partial charge in [-0.15, -0.1) is 0 Å². The van der Waals surface area contributed by atoms with Crippen LogP contribution in [0.2, 0.25) is 10.0 Å². The average Bonchev–Trinajstić information content (AvgIpc) is 2.32. The summed E-state index contributed by atoms with van der Waals surface area (Å²) in [4.78, 5) is 11.8. The quantitative estimate of drug-likeness (QED) is 0.708. The van der Waals surface area contributed by atoms with E-state index in [1.54, 1.807) is 24.3 Å². The maximum Gasteiger partial charge on any atom is 0.323 e. The highest BCUT2D eigenvalue weighted by atomic mass is 79.9. The zero-order valence-electron chi connectivity index (χ0n) is 9.88. The molecular weight excluding hydrogens is 370 g/mol. The minimum absolute atomic E-state index is 0.324. The third-order valence-electron chi connectivity index (χ3n) is 2.30. The number of urea groups is 1. The molecule has 104 valence electrons. The lowest BCUT2D eigenvalue weighted by Crippen LogP contribution is -2.19. The Kier molecular flexibility index (Phi) is 4.86. The third kappa shape index (κ3) is 4.10. The topological polar surface area (TPSA) is 41.1 Å². The minimum Gasteiger partial charge on any atom is -0.308 e. The Balaban J connectivity index is 2.06. The van der Waals surface area contributed by atoms with Gasteiger partial charge in [0.25, 0.3) is 0 Å². The lowest BCUT2D eigenvalue weighted by molar-refractivity contribution is 0.262. The first kappa shape index (κ1) is 15.1. The fourth-order valence-electron chi connectivity index (χ4n) is 1.49. The number of carbonyl (C=O) groups excluding carboxylic acids is 1. The molecule has 2 rings (SSSR count). The summed E-state index contributed by atoms with van der Waals surface area (Å²) in [6.07, 6.45) is 0. The SMILES string of the molecule is O=C(Nc1cc(Cl)cc(Cl)c1)Nc1ccc(Br)c(F)c1. The molecule has 3 nitrogen and oxygen atoms in total. The summed E-state index contributed by atoms with van der Waals surface area (Å²) in [6.45, 7) is 0. The first-order valence-corrected chi connectivity index (χ1v) is 6.98. The number of nitrogens with one attached hydrogen (secondary N) is 2. The Morgan fingerprint density at radius 3 is 2.20 bits per heavy atom. The second-order valence-electron chi connectivity index (χ2n) is 3.87. The maximum atomic E-state index is 13.3. The highest BCUT2D eigenvalue weighted by Gasteiger charge is 2.06. The smallest absolute Gasteiger partial charge is 0.308 e. The van der Waals surface area contributed by atoms with Crippen LogP contribution in [0.4, 0.5) is 20.6 Å². The van der Waals surface area contributed by atoms with E-state index in [9.17, 15) is 9.18 Å². The molecule has 0 fully saturated rings. The summed E-state index contributed by atoms with van der Waals surface area (Å²) in [5, 5.41) is 5.86. The molecule has 2 aromatic carbocycles. The van der Waals surface area contributed by atoms with E-state index in [0.717, 1.165) is 0 Å². The van der Waals surface area contributed by atoms with Crippen molar-refractivity contribution >= 4 is 56.5 Å². The van der Waals surface area contributed by atoms with Crippen LogP contribution in [0.25, 0.3) is 0 Å². The molecular formula is C13H8BrCl2FN2O. The first-order chi connectivity index (χ1) is 9.44. The van der Waals surface area contributed by atoms with Gasteiger partial charge in [-0.1, -0.05) is 23.2 Å². The Morgan fingerprint density at radius 1 is 1.00 bits per heavy atom. The average molecular weight is 378 g/mol. The van der Waals surface area contributed by atoms with Crippen molar-refractivity contribution in [2.24, 2.45) is 0 Å². The second kappa shape index (κ2) is 6.43. The predicted octanol–water partition coefficient (Wildman–Crippen LogP) is 5.54. The minimum atomic E-state index is -0.523. The predicted molar refractivity (Wildman–Crippen MR) is 83.2 cm³/mol. The number of anilines is 2. The highest BCUT2D eigenvalue weighted by molar-refractivity contribution is 9.10. The number of rotatable bonds is 2. The first-order valence-electron chi connectivity index (χ1n) is 5.43. The van der Waals surface area contributed by atoms with Crippen LogP contribution in [-0.2, 0) is 0 Å². The Bertz CT molecular complexity index is 647. The van der Waals surface area contributed by atoms with E-state index < -0.39 is 11.8 Å². The Morgan fingerprint density at radius 2 is 1.60 bits per heavy atom. The van der Waals surface area contributed by atoms with E-state index in [2.05, 4.69) is 26.6 Å². The number of amides is 2. The molecule has 0 unspecified atom stereocenters. The van der Waals surface area contributed by atoms with Gasteiger partial charge in [0.2, 0.25) is 0 Å². The van der Waals surface area contributed by atoms with Crippen molar-refractivity contribution in [2.75, 3.05) is 10.6 Å². The second-order valence-corrected chi connectivity index (χ2v) is 5.59. The summed E-state index contributed by atoms with van der Waals surface area (Å²) < 4.78 is 13.6.